The van der Waals surface area contributed by atoms with Gasteiger partial charge in [-0.2, -0.15) is 0 Å². The summed E-state index contributed by atoms with van der Waals surface area (Å²) in [7, 11) is 0. The Hall–Kier alpha value is -1.60. The number of allylic oxidation sites excluding steroid dienone is 2. The first-order valence-corrected chi connectivity index (χ1v) is 8.98. The lowest BCUT2D eigenvalue weighted by molar-refractivity contribution is 0.630. The van der Waals surface area contributed by atoms with Crippen LogP contribution in [0.5, 0.6) is 0 Å². The summed E-state index contributed by atoms with van der Waals surface area (Å²) in [5.74, 6) is 0. The fraction of sp³-hybridized carbons (Fsp3) is 0.455. The molecule has 0 spiro atoms. The Labute approximate surface area is 146 Å². The van der Waals surface area contributed by atoms with Crippen molar-refractivity contribution >= 4 is 0 Å². The molecule has 0 saturated heterocycles. The molecule has 0 aromatic heterocycles. The van der Waals surface area contributed by atoms with Gasteiger partial charge in [-0.15, -0.1) is 0 Å². The standard InChI is InChI=1S/C15H19N.C3H8.2C2H6/c1-4-10-13(5-2)15(16-6-3)14-11-8-7-9-12-14;1-3-2;2*1-2/h4-5,7-12,15-16H,1-2,6H2,3H3;3H2,1-2H3;2*1-2H3/b13-10+;;;. The van der Waals surface area contributed by atoms with E-state index in [0.29, 0.717) is 0 Å². The molecule has 0 bridgehead atoms. The molecule has 1 N–H and O–H groups in total. The predicted molar refractivity (Wildman–Crippen MR) is 110 cm³/mol. The monoisotopic (exact) mass is 317 g/mol. The second kappa shape index (κ2) is 22.7. The first-order valence-electron chi connectivity index (χ1n) is 8.98. The highest BCUT2D eigenvalue weighted by Gasteiger charge is 2.11. The van der Waals surface area contributed by atoms with Crippen LogP contribution in [0.25, 0.3) is 0 Å². The third-order valence-corrected chi connectivity index (χ3v) is 2.42. The third-order valence-electron chi connectivity index (χ3n) is 2.42. The number of rotatable bonds is 6. The summed E-state index contributed by atoms with van der Waals surface area (Å²) in [5.41, 5.74) is 2.39. The molecule has 1 aromatic rings. The summed E-state index contributed by atoms with van der Waals surface area (Å²) in [6.45, 7) is 22.9. The van der Waals surface area contributed by atoms with Crippen LogP contribution in [-0.2, 0) is 0 Å². The zero-order valence-electron chi connectivity index (χ0n) is 16.5. The van der Waals surface area contributed by atoms with E-state index in [9.17, 15) is 0 Å². The maximum absolute atomic E-state index is 3.85. The van der Waals surface area contributed by atoms with Gasteiger partial charge in [0.1, 0.15) is 0 Å². The van der Waals surface area contributed by atoms with Gasteiger partial charge in [-0.1, -0.05) is 117 Å². The summed E-state index contributed by atoms with van der Waals surface area (Å²) < 4.78 is 0. The van der Waals surface area contributed by atoms with Crippen molar-refractivity contribution in [2.45, 2.75) is 60.9 Å². The van der Waals surface area contributed by atoms with E-state index in [2.05, 4.69) is 51.4 Å². The van der Waals surface area contributed by atoms with E-state index in [1.165, 1.54) is 12.0 Å². The summed E-state index contributed by atoms with van der Waals surface area (Å²) in [6.07, 6.45) is 6.92. The van der Waals surface area contributed by atoms with E-state index in [1.54, 1.807) is 6.08 Å². The smallest absolute Gasteiger partial charge is 0.0576 e. The Morgan fingerprint density at radius 3 is 1.83 bits per heavy atom. The van der Waals surface area contributed by atoms with Gasteiger partial charge in [0.05, 0.1) is 6.04 Å². The maximum Gasteiger partial charge on any atom is 0.0576 e. The minimum atomic E-state index is 0.196. The third kappa shape index (κ3) is 13.8. The van der Waals surface area contributed by atoms with Crippen molar-refractivity contribution < 1.29 is 0 Å². The molecule has 1 heteroatoms. The maximum atomic E-state index is 3.85. The zero-order chi connectivity index (χ0) is 18.5. The Morgan fingerprint density at radius 1 is 1.00 bits per heavy atom. The molecule has 0 aliphatic heterocycles. The molecule has 0 amide bonds. The Kier molecular flexibility index (Phi) is 25.9. The minimum absolute atomic E-state index is 0.196. The molecular formula is C22H39N. The van der Waals surface area contributed by atoms with Crippen molar-refractivity contribution in [3.63, 3.8) is 0 Å². The van der Waals surface area contributed by atoms with Gasteiger partial charge >= 0.3 is 0 Å². The van der Waals surface area contributed by atoms with E-state index in [-0.39, 0.29) is 6.04 Å². The Bertz CT molecular complexity index is 376. The van der Waals surface area contributed by atoms with Crippen molar-refractivity contribution in [1.29, 1.82) is 0 Å². The zero-order valence-corrected chi connectivity index (χ0v) is 16.5. The highest BCUT2D eigenvalue weighted by molar-refractivity contribution is 5.35. The number of nitrogens with one attached hydrogen (secondary N) is 1. The molecule has 1 aromatic carbocycles. The van der Waals surface area contributed by atoms with E-state index in [0.717, 1.165) is 12.1 Å². The van der Waals surface area contributed by atoms with Gasteiger partial charge in [-0.05, 0) is 17.7 Å². The Balaban J connectivity index is -0.000000496. The summed E-state index contributed by atoms with van der Waals surface area (Å²) in [4.78, 5) is 0. The lowest BCUT2D eigenvalue weighted by atomic mass is 9.98. The van der Waals surface area contributed by atoms with Crippen LogP contribution in [0.15, 0.2) is 67.3 Å². The number of hydrogen-bond donors (Lipinski definition) is 1. The lowest BCUT2D eigenvalue weighted by Gasteiger charge is -2.19. The van der Waals surface area contributed by atoms with Crippen molar-refractivity contribution in [2.75, 3.05) is 6.54 Å². The molecule has 23 heavy (non-hydrogen) atoms. The first-order chi connectivity index (χ1) is 11.2. The number of likely N-dealkylation sites (N-methyl/N-ethyl adjacent to an activating group) is 1. The van der Waals surface area contributed by atoms with Gasteiger partial charge in [0.25, 0.3) is 0 Å². The molecule has 1 unspecified atom stereocenters. The van der Waals surface area contributed by atoms with Crippen LogP contribution >= 0.6 is 0 Å². The molecule has 0 aliphatic carbocycles. The molecule has 132 valence electrons. The van der Waals surface area contributed by atoms with Gasteiger partial charge in [0.15, 0.2) is 0 Å². The van der Waals surface area contributed by atoms with Gasteiger partial charge in [-0.3, -0.25) is 0 Å². The largest absolute Gasteiger partial charge is 0.307 e. The Morgan fingerprint density at radius 2 is 1.48 bits per heavy atom. The quantitative estimate of drug-likeness (QED) is 0.551. The van der Waals surface area contributed by atoms with E-state index >= 15 is 0 Å². The normalized spacial score (nSPS) is 10.5. The molecule has 0 saturated carbocycles. The van der Waals surface area contributed by atoms with E-state index < -0.39 is 0 Å². The molecular weight excluding hydrogens is 278 g/mol. The highest BCUT2D eigenvalue weighted by atomic mass is 14.9. The molecule has 1 rings (SSSR count). The molecule has 1 atom stereocenters. The molecule has 1 nitrogen and oxygen atoms in total. The van der Waals surface area contributed by atoms with Crippen LogP contribution in [0.3, 0.4) is 0 Å². The van der Waals surface area contributed by atoms with E-state index in [4.69, 9.17) is 0 Å². The van der Waals surface area contributed by atoms with Crippen LogP contribution in [0.4, 0.5) is 0 Å². The van der Waals surface area contributed by atoms with Crippen molar-refractivity contribution in [3.8, 4) is 0 Å². The second-order valence-electron chi connectivity index (χ2n) is 4.21. The highest BCUT2D eigenvalue weighted by Crippen LogP contribution is 2.22. The fourth-order valence-electron chi connectivity index (χ4n) is 1.70. The van der Waals surface area contributed by atoms with Gasteiger partial charge < -0.3 is 5.32 Å². The van der Waals surface area contributed by atoms with Crippen LogP contribution in [-0.4, -0.2) is 6.54 Å². The summed E-state index contributed by atoms with van der Waals surface area (Å²) in [5, 5.41) is 3.45. The fourth-order valence-corrected chi connectivity index (χ4v) is 1.70. The SMILES string of the molecule is C=C/C=C(\C=C)C(NCC)c1ccccc1.CC.CC.CCC. The van der Waals surface area contributed by atoms with Crippen LogP contribution < -0.4 is 5.32 Å². The van der Waals surface area contributed by atoms with Crippen molar-refractivity contribution in [3.05, 3.63) is 72.9 Å². The number of benzene rings is 1. The average Bonchev–Trinajstić information content (AvgIpc) is 2.63. The second-order valence-corrected chi connectivity index (χ2v) is 4.21. The average molecular weight is 318 g/mol. The van der Waals surface area contributed by atoms with Gasteiger partial charge in [-0.25, -0.2) is 0 Å². The van der Waals surface area contributed by atoms with Crippen LogP contribution in [0.2, 0.25) is 0 Å². The van der Waals surface area contributed by atoms with E-state index in [1.807, 2.05) is 58.0 Å². The predicted octanol–water partition coefficient (Wildman–Crippen LogP) is 7.10. The molecule has 0 radical (unpaired) electrons. The van der Waals surface area contributed by atoms with Gasteiger partial charge in [0.2, 0.25) is 0 Å². The topological polar surface area (TPSA) is 12.0 Å². The summed E-state index contributed by atoms with van der Waals surface area (Å²) >= 11 is 0. The molecule has 0 heterocycles. The van der Waals surface area contributed by atoms with Crippen molar-refractivity contribution in [2.24, 2.45) is 0 Å². The summed E-state index contributed by atoms with van der Waals surface area (Å²) in [6, 6.07) is 10.6. The lowest BCUT2D eigenvalue weighted by Crippen LogP contribution is -2.22. The van der Waals surface area contributed by atoms with Gasteiger partial charge in [0, 0.05) is 0 Å². The molecule has 0 fully saturated rings. The first kappa shape index (κ1) is 26.3. The van der Waals surface area contributed by atoms with Crippen molar-refractivity contribution in [1.82, 2.24) is 5.32 Å². The minimum Gasteiger partial charge on any atom is -0.307 e. The number of hydrogen-bond acceptors (Lipinski definition) is 1. The van der Waals surface area contributed by atoms with Crippen LogP contribution in [0.1, 0.15) is 66.5 Å². The molecule has 0 aliphatic rings. The van der Waals surface area contributed by atoms with Crippen LogP contribution in [0, 0.1) is 0 Å².